The second-order valence-electron chi connectivity index (χ2n) is 8.80. The second kappa shape index (κ2) is 7.82. The van der Waals surface area contributed by atoms with Gasteiger partial charge in [-0.1, -0.05) is 78.9 Å². The summed E-state index contributed by atoms with van der Waals surface area (Å²) in [4.78, 5) is 0. The summed E-state index contributed by atoms with van der Waals surface area (Å²) in [5.74, 6) is 0. The number of para-hydroxylation sites is 2. The minimum absolute atomic E-state index is 0.527. The van der Waals surface area contributed by atoms with Crippen LogP contribution in [0, 0.1) is 0 Å². The summed E-state index contributed by atoms with van der Waals surface area (Å²) in [5.41, 5.74) is 5.92. The van der Waals surface area contributed by atoms with E-state index in [2.05, 4.69) is 89.5 Å². The van der Waals surface area contributed by atoms with E-state index in [4.69, 9.17) is 0 Å². The molecule has 7 rings (SSSR count). The average Bonchev–Trinajstić information content (AvgIpc) is 3.44. The van der Waals surface area contributed by atoms with Gasteiger partial charge in [0.05, 0.1) is 11.0 Å². The van der Waals surface area contributed by atoms with Crippen molar-refractivity contribution < 1.29 is 10.0 Å². The maximum Gasteiger partial charge on any atom is 0.489 e. The van der Waals surface area contributed by atoms with Crippen molar-refractivity contribution in [3.63, 3.8) is 0 Å². The fourth-order valence-electron chi connectivity index (χ4n) is 5.32. The standard InChI is InChI=1S/C30H20BNO2S/c33-31(34)25-18-20(32-26-14-6-4-11-22(26)23-12-5-7-15-27(23)32)17-24-29-21(19-9-2-1-3-10-19)13-8-16-28(29)35-30(24)25/h1-18,33-34H. The van der Waals surface area contributed by atoms with Crippen LogP contribution in [0.15, 0.2) is 109 Å². The highest BCUT2D eigenvalue weighted by Gasteiger charge is 2.22. The summed E-state index contributed by atoms with van der Waals surface area (Å²) in [6.45, 7) is 0. The molecule has 2 aromatic heterocycles. The van der Waals surface area contributed by atoms with Gasteiger partial charge in [0, 0.05) is 42.1 Å². The van der Waals surface area contributed by atoms with Crippen molar-refractivity contribution in [3.8, 4) is 16.8 Å². The number of benzene rings is 5. The van der Waals surface area contributed by atoms with Crippen molar-refractivity contribution in [2.45, 2.75) is 0 Å². The monoisotopic (exact) mass is 469 g/mol. The van der Waals surface area contributed by atoms with Crippen molar-refractivity contribution in [2.75, 3.05) is 0 Å². The molecule has 5 aromatic carbocycles. The van der Waals surface area contributed by atoms with Gasteiger partial charge in [-0.15, -0.1) is 11.3 Å². The molecule has 0 fully saturated rings. The van der Waals surface area contributed by atoms with Crippen LogP contribution in [-0.4, -0.2) is 21.7 Å². The van der Waals surface area contributed by atoms with Gasteiger partial charge in [-0.2, -0.15) is 0 Å². The molecular weight excluding hydrogens is 449 g/mol. The number of fused-ring (bicyclic) bond motifs is 6. The van der Waals surface area contributed by atoms with Gasteiger partial charge in [0.2, 0.25) is 0 Å². The van der Waals surface area contributed by atoms with E-state index in [1.54, 1.807) is 11.3 Å². The van der Waals surface area contributed by atoms with Crippen LogP contribution in [0.25, 0.3) is 58.8 Å². The highest BCUT2D eigenvalue weighted by atomic mass is 32.1. The predicted molar refractivity (Wildman–Crippen MR) is 149 cm³/mol. The Kier molecular flexibility index (Phi) is 4.58. The number of hydrogen-bond acceptors (Lipinski definition) is 3. The van der Waals surface area contributed by atoms with Crippen molar-refractivity contribution >= 4 is 65.9 Å². The first-order valence-electron chi connectivity index (χ1n) is 11.6. The first-order valence-corrected chi connectivity index (χ1v) is 12.4. The lowest BCUT2D eigenvalue weighted by Crippen LogP contribution is -2.30. The molecule has 35 heavy (non-hydrogen) atoms. The van der Waals surface area contributed by atoms with Gasteiger partial charge in [-0.25, -0.2) is 0 Å². The van der Waals surface area contributed by atoms with Crippen molar-refractivity contribution in [3.05, 3.63) is 109 Å². The molecule has 7 aromatic rings. The Balaban J connectivity index is 1.64. The Morgan fingerprint density at radius 2 is 1.29 bits per heavy atom. The zero-order chi connectivity index (χ0) is 23.5. The maximum atomic E-state index is 10.4. The van der Waals surface area contributed by atoms with Crippen LogP contribution in [0.2, 0.25) is 0 Å². The topological polar surface area (TPSA) is 45.4 Å². The third kappa shape index (κ3) is 3.06. The maximum absolute atomic E-state index is 10.4. The molecule has 0 amide bonds. The van der Waals surface area contributed by atoms with Gasteiger partial charge >= 0.3 is 7.12 Å². The molecule has 0 atom stereocenters. The SMILES string of the molecule is OB(O)c1cc(-n2c3ccccc3c3ccccc32)cc2c1sc1cccc(-c3ccccc3)c12. The molecule has 0 aliphatic rings. The lowest BCUT2D eigenvalue weighted by Gasteiger charge is -2.12. The lowest BCUT2D eigenvalue weighted by atomic mass is 9.79. The van der Waals surface area contributed by atoms with E-state index in [1.165, 1.54) is 10.8 Å². The van der Waals surface area contributed by atoms with Gasteiger partial charge in [-0.05, 0) is 41.5 Å². The van der Waals surface area contributed by atoms with Crippen LogP contribution < -0.4 is 5.46 Å². The fourth-order valence-corrected chi connectivity index (χ4v) is 6.56. The highest BCUT2D eigenvalue weighted by molar-refractivity contribution is 7.27. The normalized spacial score (nSPS) is 11.7. The Morgan fingerprint density at radius 1 is 0.629 bits per heavy atom. The molecule has 3 nitrogen and oxygen atoms in total. The third-order valence-corrected chi connectivity index (χ3v) is 8.03. The van der Waals surface area contributed by atoms with E-state index in [-0.39, 0.29) is 0 Å². The smallest absolute Gasteiger partial charge is 0.423 e. The van der Waals surface area contributed by atoms with Crippen LogP contribution >= 0.6 is 11.3 Å². The molecule has 0 saturated heterocycles. The van der Waals surface area contributed by atoms with Crippen molar-refractivity contribution in [2.24, 2.45) is 0 Å². The van der Waals surface area contributed by atoms with Gasteiger partial charge < -0.3 is 14.6 Å². The summed E-state index contributed by atoms with van der Waals surface area (Å²) in [6, 6.07) is 37.6. The van der Waals surface area contributed by atoms with Crippen molar-refractivity contribution in [1.82, 2.24) is 4.57 Å². The zero-order valence-corrected chi connectivity index (χ0v) is 19.5. The second-order valence-corrected chi connectivity index (χ2v) is 9.85. The summed E-state index contributed by atoms with van der Waals surface area (Å²) in [5, 5.41) is 25.4. The molecule has 166 valence electrons. The first kappa shape index (κ1) is 20.5. The summed E-state index contributed by atoms with van der Waals surface area (Å²) in [7, 11) is -1.57. The molecular formula is C30H20BNO2S. The molecule has 0 saturated carbocycles. The Bertz CT molecular complexity index is 1830. The first-order chi connectivity index (χ1) is 17.2. The van der Waals surface area contributed by atoms with Crippen LogP contribution in [0.1, 0.15) is 0 Å². The van der Waals surface area contributed by atoms with Crippen molar-refractivity contribution in [1.29, 1.82) is 0 Å². The molecule has 5 heteroatoms. The molecule has 0 aliphatic heterocycles. The van der Waals surface area contributed by atoms with E-state index in [1.807, 2.05) is 24.3 Å². The highest BCUT2D eigenvalue weighted by Crippen LogP contribution is 2.41. The Labute approximate surface area is 206 Å². The molecule has 0 unspecified atom stereocenters. The lowest BCUT2D eigenvalue weighted by molar-refractivity contribution is 0.426. The summed E-state index contributed by atoms with van der Waals surface area (Å²) in [6.07, 6.45) is 0. The minimum atomic E-state index is -1.57. The predicted octanol–water partition coefficient (Wildman–Crippen LogP) is 6.50. The largest absolute Gasteiger partial charge is 0.489 e. The molecule has 0 spiro atoms. The van der Waals surface area contributed by atoms with Crippen LogP contribution in [0.5, 0.6) is 0 Å². The van der Waals surface area contributed by atoms with E-state index in [9.17, 15) is 10.0 Å². The van der Waals surface area contributed by atoms with Crippen LogP contribution in [0.4, 0.5) is 0 Å². The number of aromatic nitrogens is 1. The number of rotatable bonds is 3. The van der Waals surface area contributed by atoms with E-state index in [0.29, 0.717) is 5.46 Å². The van der Waals surface area contributed by atoms with E-state index >= 15 is 0 Å². The minimum Gasteiger partial charge on any atom is -0.423 e. The molecule has 0 radical (unpaired) electrons. The van der Waals surface area contributed by atoms with Gasteiger partial charge in [-0.3, -0.25) is 0 Å². The van der Waals surface area contributed by atoms with Crippen LogP contribution in [0.3, 0.4) is 0 Å². The Morgan fingerprint density at radius 3 is 1.97 bits per heavy atom. The van der Waals surface area contributed by atoms with E-state index in [0.717, 1.165) is 48.0 Å². The molecule has 0 aliphatic carbocycles. The average molecular weight is 469 g/mol. The number of hydrogen-bond donors (Lipinski definition) is 2. The molecule has 0 bridgehead atoms. The summed E-state index contributed by atoms with van der Waals surface area (Å²) >= 11 is 1.61. The quantitative estimate of drug-likeness (QED) is 0.290. The summed E-state index contributed by atoms with van der Waals surface area (Å²) < 4.78 is 4.26. The van der Waals surface area contributed by atoms with Crippen LogP contribution in [-0.2, 0) is 0 Å². The van der Waals surface area contributed by atoms with Gasteiger partial charge in [0.1, 0.15) is 0 Å². The van der Waals surface area contributed by atoms with Gasteiger partial charge in [0.25, 0.3) is 0 Å². The Hall–Kier alpha value is -3.90. The fraction of sp³-hybridized carbons (Fsp3) is 0. The van der Waals surface area contributed by atoms with E-state index < -0.39 is 7.12 Å². The zero-order valence-electron chi connectivity index (χ0n) is 18.7. The van der Waals surface area contributed by atoms with Gasteiger partial charge in [0.15, 0.2) is 0 Å². The third-order valence-electron chi connectivity index (χ3n) is 6.81. The molecule has 2 heterocycles. The molecule has 2 N–H and O–H groups in total. The number of thiophene rings is 1. The number of nitrogens with zero attached hydrogens (tertiary/aromatic N) is 1.